The highest BCUT2D eigenvalue weighted by Gasteiger charge is 2.36. The topological polar surface area (TPSA) is 15.8 Å². The lowest BCUT2D eigenvalue weighted by Gasteiger charge is -2.33. The van der Waals surface area contributed by atoms with E-state index in [4.69, 9.17) is 0 Å². The quantitative estimate of drug-likeness (QED) is 0.251. The highest BCUT2D eigenvalue weighted by molar-refractivity contribution is 6.11. The van der Waals surface area contributed by atoms with Crippen molar-refractivity contribution in [1.82, 2.24) is 4.98 Å². The molecule has 0 saturated carbocycles. The van der Waals surface area contributed by atoms with Crippen LogP contribution in [0.15, 0.2) is 97.1 Å². The van der Waals surface area contributed by atoms with Crippen LogP contribution in [0.25, 0.3) is 44.1 Å². The summed E-state index contributed by atoms with van der Waals surface area (Å²) in [4.78, 5) is 3.80. The van der Waals surface area contributed by atoms with Gasteiger partial charge in [-0.1, -0.05) is 86.7 Å². The Hall–Kier alpha value is -3.84. The lowest BCUT2D eigenvalue weighted by Crippen LogP contribution is -2.16. The van der Waals surface area contributed by atoms with E-state index in [1.165, 1.54) is 66.3 Å². The molecule has 0 fully saturated rings. The molecule has 162 valence electrons. The van der Waals surface area contributed by atoms with Crippen LogP contribution < -0.4 is 0 Å². The number of H-pyrrole nitrogens is 1. The highest BCUT2D eigenvalue weighted by atomic mass is 14.7. The predicted molar refractivity (Wildman–Crippen MR) is 143 cm³/mol. The normalized spacial score (nSPS) is 20.6. The monoisotopic (exact) mass is 435 g/mol. The third-order valence-corrected chi connectivity index (χ3v) is 8.57. The molecule has 1 aromatic heterocycles. The molecule has 0 radical (unpaired) electrons. The number of allylic oxidation sites excluding steroid dienone is 4. The predicted octanol–water partition coefficient (Wildman–Crippen LogP) is 8.60. The fourth-order valence-corrected chi connectivity index (χ4v) is 6.91. The molecule has 2 unspecified atom stereocenters. The minimum Gasteiger partial charge on any atom is -0.354 e. The lowest BCUT2D eigenvalue weighted by atomic mass is 9.70. The van der Waals surface area contributed by atoms with E-state index in [2.05, 4.69) is 116 Å². The Morgan fingerprint density at radius 3 is 2.06 bits per heavy atom. The summed E-state index contributed by atoms with van der Waals surface area (Å²) in [7, 11) is 0. The third kappa shape index (κ3) is 2.20. The number of hydrogen-bond donors (Lipinski definition) is 1. The van der Waals surface area contributed by atoms with Crippen molar-refractivity contribution in [2.24, 2.45) is 0 Å². The molecular weight excluding hydrogens is 410 g/mol. The van der Waals surface area contributed by atoms with Crippen molar-refractivity contribution in [1.29, 1.82) is 0 Å². The van der Waals surface area contributed by atoms with Gasteiger partial charge in [0.05, 0.1) is 0 Å². The first-order valence-corrected chi connectivity index (χ1v) is 12.3. The van der Waals surface area contributed by atoms with Crippen molar-refractivity contribution < 1.29 is 0 Å². The lowest BCUT2D eigenvalue weighted by molar-refractivity contribution is 0.661. The van der Waals surface area contributed by atoms with Gasteiger partial charge in [0, 0.05) is 39.1 Å². The van der Waals surface area contributed by atoms with E-state index in [0.717, 1.165) is 0 Å². The van der Waals surface area contributed by atoms with E-state index in [-0.39, 0.29) is 5.41 Å². The van der Waals surface area contributed by atoms with Crippen molar-refractivity contribution >= 4 is 21.8 Å². The number of fused-ring (bicyclic) bond motifs is 12. The zero-order valence-corrected chi connectivity index (χ0v) is 19.4. The van der Waals surface area contributed by atoms with Crippen LogP contribution in [0, 0.1) is 0 Å². The molecule has 4 aromatic carbocycles. The fraction of sp³-hybridized carbons (Fsp3) is 0.152. The van der Waals surface area contributed by atoms with E-state index in [0.29, 0.717) is 11.8 Å². The number of aromatic nitrogens is 1. The summed E-state index contributed by atoms with van der Waals surface area (Å²) in [5.41, 5.74) is 13.7. The average molecular weight is 436 g/mol. The SMILES string of the molecule is CC1(C)c2ccccc2-c2cc3c(cc21)[nH]c1cc2c(cc13)-c1ccccc1C1C=CC=CC21. The molecule has 3 aliphatic carbocycles. The van der Waals surface area contributed by atoms with Gasteiger partial charge in [0.1, 0.15) is 0 Å². The third-order valence-electron chi connectivity index (χ3n) is 8.57. The summed E-state index contributed by atoms with van der Waals surface area (Å²) in [5.74, 6) is 0.804. The Balaban J connectivity index is 1.44. The molecule has 2 atom stereocenters. The van der Waals surface area contributed by atoms with Crippen LogP contribution >= 0.6 is 0 Å². The largest absolute Gasteiger partial charge is 0.354 e. The summed E-state index contributed by atoms with van der Waals surface area (Å²) in [6.45, 7) is 4.70. The van der Waals surface area contributed by atoms with Crippen LogP contribution in [-0.2, 0) is 5.41 Å². The fourth-order valence-electron chi connectivity index (χ4n) is 6.91. The molecule has 1 heteroatoms. The number of nitrogens with one attached hydrogen (secondary N) is 1. The number of rotatable bonds is 0. The smallest absolute Gasteiger partial charge is 0.0468 e. The molecule has 0 bridgehead atoms. The molecule has 5 aromatic rings. The van der Waals surface area contributed by atoms with Crippen molar-refractivity contribution in [2.75, 3.05) is 0 Å². The van der Waals surface area contributed by atoms with E-state index in [1.807, 2.05) is 0 Å². The Morgan fingerprint density at radius 2 is 1.24 bits per heavy atom. The van der Waals surface area contributed by atoms with E-state index in [9.17, 15) is 0 Å². The first-order valence-electron chi connectivity index (χ1n) is 12.3. The maximum Gasteiger partial charge on any atom is 0.0468 e. The van der Waals surface area contributed by atoms with Crippen LogP contribution in [0.3, 0.4) is 0 Å². The summed E-state index contributed by atoms with van der Waals surface area (Å²) < 4.78 is 0. The van der Waals surface area contributed by atoms with Crippen molar-refractivity contribution in [3.63, 3.8) is 0 Å². The first-order chi connectivity index (χ1) is 16.6. The van der Waals surface area contributed by atoms with Crippen molar-refractivity contribution in [3.05, 3.63) is 119 Å². The van der Waals surface area contributed by atoms with Crippen LogP contribution in [0.2, 0.25) is 0 Å². The summed E-state index contributed by atoms with van der Waals surface area (Å²) >= 11 is 0. The average Bonchev–Trinajstić information content (AvgIpc) is 3.34. The van der Waals surface area contributed by atoms with Gasteiger partial charge in [0.25, 0.3) is 0 Å². The van der Waals surface area contributed by atoms with Crippen molar-refractivity contribution in [2.45, 2.75) is 31.1 Å². The summed E-state index contributed by atoms with van der Waals surface area (Å²) in [6.07, 6.45) is 9.15. The van der Waals surface area contributed by atoms with Gasteiger partial charge in [-0.25, -0.2) is 0 Å². The number of hydrogen-bond acceptors (Lipinski definition) is 0. The van der Waals surface area contributed by atoms with Crippen LogP contribution in [-0.4, -0.2) is 4.98 Å². The number of benzene rings is 4. The Kier molecular flexibility index (Phi) is 3.38. The maximum absolute atomic E-state index is 3.80. The van der Waals surface area contributed by atoms with E-state index in [1.54, 1.807) is 0 Å². The standard InChI is InChI=1S/C33H25N/c1-33(2)29-14-8-7-13-23(29)26-16-28-27-15-24-21-11-5-3-9-19(21)20-10-4-6-12-22(20)25(24)17-31(27)34-32(28)18-30(26)33/h3-18,20,22,34H,1-2H3. The van der Waals surface area contributed by atoms with Gasteiger partial charge in [-0.05, 0) is 68.8 Å². The Bertz CT molecular complexity index is 1740. The van der Waals surface area contributed by atoms with Gasteiger partial charge in [-0.2, -0.15) is 0 Å². The molecule has 3 aliphatic rings. The van der Waals surface area contributed by atoms with E-state index < -0.39 is 0 Å². The second kappa shape index (κ2) is 6.18. The molecule has 1 heterocycles. The molecule has 1 nitrogen and oxygen atoms in total. The molecule has 8 rings (SSSR count). The Labute approximate surface area is 199 Å². The molecule has 0 amide bonds. The minimum atomic E-state index is 0.0159. The van der Waals surface area contributed by atoms with Crippen molar-refractivity contribution in [3.8, 4) is 22.3 Å². The highest BCUT2D eigenvalue weighted by Crippen LogP contribution is 2.53. The van der Waals surface area contributed by atoms with Crippen LogP contribution in [0.4, 0.5) is 0 Å². The second-order valence-corrected chi connectivity index (χ2v) is 10.6. The summed E-state index contributed by atoms with van der Waals surface area (Å²) in [6, 6.07) is 27.6. The van der Waals surface area contributed by atoms with Gasteiger partial charge in [-0.15, -0.1) is 0 Å². The molecule has 34 heavy (non-hydrogen) atoms. The van der Waals surface area contributed by atoms with Gasteiger partial charge in [0.2, 0.25) is 0 Å². The molecule has 0 saturated heterocycles. The molecular formula is C33H25N. The summed E-state index contributed by atoms with van der Waals surface area (Å²) in [5, 5.41) is 2.64. The number of aromatic amines is 1. The van der Waals surface area contributed by atoms with Gasteiger partial charge >= 0.3 is 0 Å². The molecule has 0 spiro atoms. The van der Waals surface area contributed by atoms with Gasteiger partial charge in [-0.3, -0.25) is 0 Å². The van der Waals surface area contributed by atoms with E-state index >= 15 is 0 Å². The minimum absolute atomic E-state index is 0.0159. The molecule has 0 aliphatic heterocycles. The molecule has 1 N–H and O–H groups in total. The van der Waals surface area contributed by atoms with Crippen LogP contribution in [0.5, 0.6) is 0 Å². The maximum atomic E-state index is 3.80. The van der Waals surface area contributed by atoms with Gasteiger partial charge in [0.15, 0.2) is 0 Å². The second-order valence-electron chi connectivity index (χ2n) is 10.6. The first kappa shape index (κ1) is 18.6. The van der Waals surface area contributed by atoms with Gasteiger partial charge < -0.3 is 4.98 Å². The zero-order chi connectivity index (χ0) is 22.6. The Morgan fingerprint density at radius 1 is 0.588 bits per heavy atom. The zero-order valence-electron chi connectivity index (χ0n) is 19.4. The van der Waals surface area contributed by atoms with Crippen LogP contribution in [0.1, 0.15) is 47.9 Å².